The third kappa shape index (κ3) is 3.16. The first kappa shape index (κ1) is 18.4. The predicted molar refractivity (Wildman–Crippen MR) is 75.6 cm³/mol. The Hall–Kier alpha value is -1.93. The van der Waals surface area contributed by atoms with Crippen molar-refractivity contribution in [3.05, 3.63) is 29.3 Å². The Labute approximate surface area is 137 Å². The highest BCUT2D eigenvalue weighted by Gasteiger charge is 2.74. The monoisotopic (exact) mass is 368 g/mol. The summed E-state index contributed by atoms with van der Waals surface area (Å²) in [6.07, 6.45) is -10.2. The van der Waals surface area contributed by atoms with Gasteiger partial charge in [-0.25, -0.2) is 0 Å². The lowest BCUT2D eigenvalue weighted by Gasteiger charge is -2.17. The zero-order valence-electron chi connectivity index (χ0n) is 11.8. The first-order valence-corrected chi connectivity index (χ1v) is 6.99. The van der Waals surface area contributed by atoms with Gasteiger partial charge in [0.05, 0.1) is 16.4 Å². The van der Waals surface area contributed by atoms with Crippen molar-refractivity contribution in [2.75, 3.05) is 0 Å². The van der Waals surface area contributed by atoms with Crippen LogP contribution in [0.2, 0.25) is 0 Å². The van der Waals surface area contributed by atoms with Crippen LogP contribution in [-0.2, 0) is 17.4 Å². The average Bonchev–Trinajstić information content (AvgIpc) is 3.13. The molecule has 0 radical (unpaired) electrons. The summed E-state index contributed by atoms with van der Waals surface area (Å²) in [6, 6.07) is 2.75. The molecule has 2 unspecified atom stereocenters. The molecule has 1 saturated carbocycles. The highest BCUT2D eigenvalue weighted by molar-refractivity contribution is 7.78. The number of primary amides is 1. The van der Waals surface area contributed by atoms with Gasteiger partial charge in [0.25, 0.3) is 0 Å². The van der Waals surface area contributed by atoms with Gasteiger partial charge in [-0.05, 0) is 48.7 Å². The Morgan fingerprint density at radius 1 is 1.33 bits per heavy atom. The van der Waals surface area contributed by atoms with E-state index < -0.39 is 47.3 Å². The average molecular weight is 368 g/mol. The number of hydrogen-bond donors (Lipinski definition) is 1. The smallest absolute Gasteiger partial charge is 0.369 e. The SMILES string of the molecule is NC(=O)C1(C(F)(F)F)CC1Cc1ccc(C(F)(F)F)c(N=C=S)c1. The fourth-order valence-corrected chi connectivity index (χ4v) is 2.83. The number of isothiocyanates is 1. The summed E-state index contributed by atoms with van der Waals surface area (Å²) >= 11 is 4.29. The Balaban J connectivity index is 2.31. The molecule has 3 nitrogen and oxygen atoms in total. The maximum Gasteiger partial charge on any atom is 0.418 e. The van der Waals surface area contributed by atoms with Crippen molar-refractivity contribution in [3.63, 3.8) is 0 Å². The maximum absolute atomic E-state index is 13.0. The number of rotatable bonds is 4. The molecule has 0 spiro atoms. The van der Waals surface area contributed by atoms with E-state index in [1.807, 2.05) is 0 Å². The van der Waals surface area contributed by atoms with Crippen molar-refractivity contribution >= 4 is 29.0 Å². The molecule has 1 aromatic rings. The second-order valence-electron chi connectivity index (χ2n) is 5.49. The van der Waals surface area contributed by atoms with Gasteiger partial charge in [0.1, 0.15) is 5.41 Å². The van der Waals surface area contributed by atoms with Gasteiger partial charge >= 0.3 is 12.4 Å². The second-order valence-corrected chi connectivity index (χ2v) is 5.67. The van der Waals surface area contributed by atoms with Crippen molar-refractivity contribution in [2.24, 2.45) is 22.1 Å². The van der Waals surface area contributed by atoms with Crippen LogP contribution in [0.5, 0.6) is 0 Å². The minimum absolute atomic E-state index is 0.171. The molecule has 1 fully saturated rings. The number of halogens is 6. The van der Waals surface area contributed by atoms with Gasteiger partial charge < -0.3 is 5.73 Å². The third-order valence-electron chi connectivity index (χ3n) is 4.07. The summed E-state index contributed by atoms with van der Waals surface area (Å²) in [5.41, 5.74) is 0.813. The zero-order valence-corrected chi connectivity index (χ0v) is 12.6. The summed E-state index contributed by atoms with van der Waals surface area (Å²) in [6.45, 7) is 0. The fraction of sp³-hybridized carbons (Fsp3) is 0.429. The molecule has 0 saturated heterocycles. The Kier molecular flexibility index (Phi) is 4.49. The van der Waals surface area contributed by atoms with Gasteiger partial charge in [-0.1, -0.05) is 6.07 Å². The summed E-state index contributed by atoms with van der Waals surface area (Å²) in [7, 11) is 0. The topological polar surface area (TPSA) is 55.5 Å². The number of benzene rings is 1. The van der Waals surface area contributed by atoms with E-state index in [1.165, 1.54) is 0 Å². The molecule has 2 atom stereocenters. The van der Waals surface area contributed by atoms with Crippen LogP contribution >= 0.6 is 12.2 Å². The van der Waals surface area contributed by atoms with Crippen LogP contribution in [0.15, 0.2) is 23.2 Å². The number of alkyl halides is 6. The number of carbonyl (C=O) groups excluding carboxylic acids is 1. The molecule has 130 valence electrons. The molecule has 2 rings (SSSR count). The zero-order chi connectivity index (χ0) is 18.3. The first-order chi connectivity index (χ1) is 10.9. The van der Waals surface area contributed by atoms with Crippen molar-refractivity contribution in [1.29, 1.82) is 0 Å². The lowest BCUT2D eigenvalue weighted by atomic mass is 9.97. The summed E-state index contributed by atoms with van der Waals surface area (Å²) < 4.78 is 77.6. The second kappa shape index (κ2) is 5.86. The molecule has 2 N–H and O–H groups in total. The molecule has 1 amide bonds. The Morgan fingerprint density at radius 3 is 2.38 bits per heavy atom. The number of nitrogens with two attached hydrogens (primary N) is 1. The minimum atomic E-state index is -4.80. The third-order valence-corrected chi connectivity index (χ3v) is 4.16. The largest absolute Gasteiger partial charge is 0.418 e. The number of thiocarbonyl (C=S) groups is 1. The van der Waals surface area contributed by atoms with Crippen LogP contribution in [0.4, 0.5) is 32.0 Å². The molecule has 10 heteroatoms. The number of hydrogen-bond acceptors (Lipinski definition) is 3. The number of amides is 1. The normalized spacial score (nSPS) is 23.5. The van der Waals surface area contributed by atoms with Crippen LogP contribution in [0.1, 0.15) is 17.5 Å². The maximum atomic E-state index is 13.0. The van der Waals surface area contributed by atoms with Crippen LogP contribution in [0.25, 0.3) is 0 Å². The van der Waals surface area contributed by atoms with Crippen molar-refractivity contribution in [2.45, 2.75) is 25.2 Å². The van der Waals surface area contributed by atoms with E-state index in [0.717, 1.165) is 12.1 Å². The van der Waals surface area contributed by atoms with Gasteiger partial charge in [-0.3, -0.25) is 4.79 Å². The van der Waals surface area contributed by atoms with E-state index in [9.17, 15) is 31.1 Å². The van der Waals surface area contributed by atoms with Crippen LogP contribution in [0, 0.1) is 11.3 Å². The highest BCUT2D eigenvalue weighted by atomic mass is 32.1. The van der Waals surface area contributed by atoms with Crippen molar-refractivity contribution in [3.8, 4) is 0 Å². The van der Waals surface area contributed by atoms with E-state index in [4.69, 9.17) is 5.73 Å². The summed E-state index contributed by atoms with van der Waals surface area (Å²) in [4.78, 5) is 14.5. The first-order valence-electron chi connectivity index (χ1n) is 6.58. The van der Waals surface area contributed by atoms with Crippen LogP contribution in [0.3, 0.4) is 0 Å². The van der Waals surface area contributed by atoms with E-state index >= 15 is 0 Å². The van der Waals surface area contributed by atoms with Gasteiger partial charge in [0.2, 0.25) is 5.91 Å². The Morgan fingerprint density at radius 2 is 1.96 bits per heavy atom. The number of nitrogens with zero attached hydrogens (tertiary/aromatic N) is 1. The number of carbonyl (C=O) groups is 1. The predicted octanol–water partition coefficient (Wildman–Crippen LogP) is 4.04. The van der Waals surface area contributed by atoms with Crippen LogP contribution in [-0.4, -0.2) is 17.2 Å². The molecule has 1 aliphatic carbocycles. The van der Waals surface area contributed by atoms with Gasteiger partial charge in [0.15, 0.2) is 0 Å². The molecule has 1 aliphatic rings. The van der Waals surface area contributed by atoms with Crippen molar-refractivity contribution < 1.29 is 31.1 Å². The van der Waals surface area contributed by atoms with E-state index in [-0.39, 0.29) is 12.0 Å². The molecular weight excluding hydrogens is 358 g/mol. The lowest BCUT2D eigenvalue weighted by molar-refractivity contribution is -0.194. The molecule has 0 heterocycles. The number of aliphatic imine (C=N–C) groups is 1. The van der Waals surface area contributed by atoms with Gasteiger partial charge in [-0.2, -0.15) is 31.3 Å². The van der Waals surface area contributed by atoms with Gasteiger partial charge in [-0.15, -0.1) is 0 Å². The standard InChI is InChI=1S/C14H10F6N2OS/c15-13(16,17)9-2-1-7(4-10(9)22-6-24)3-8-5-12(8,11(21)23)14(18,19)20/h1-2,4,8H,3,5H2,(H2,21,23). The van der Waals surface area contributed by atoms with E-state index in [2.05, 4.69) is 17.2 Å². The molecule has 0 bridgehead atoms. The summed E-state index contributed by atoms with van der Waals surface area (Å²) in [5, 5.41) is 1.81. The Bertz CT molecular complexity index is 723. The molecular formula is C14H10F6N2OS. The minimum Gasteiger partial charge on any atom is -0.369 e. The summed E-state index contributed by atoms with van der Waals surface area (Å²) in [5.74, 6) is -2.60. The van der Waals surface area contributed by atoms with Crippen molar-refractivity contribution in [1.82, 2.24) is 0 Å². The lowest BCUT2D eigenvalue weighted by Crippen LogP contribution is -2.39. The molecule has 1 aromatic carbocycles. The van der Waals surface area contributed by atoms with E-state index in [1.54, 1.807) is 5.16 Å². The van der Waals surface area contributed by atoms with Gasteiger partial charge in [0, 0.05) is 0 Å². The highest BCUT2D eigenvalue weighted by Crippen LogP contribution is 2.63. The van der Waals surface area contributed by atoms with Crippen LogP contribution < -0.4 is 5.73 Å². The molecule has 0 aromatic heterocycles. The quantitative estimate of drug-likeness (QED) is 0.496. The van der Waals surface area contributed by atoms with E-state index in [0.29, 0.717) is 6.07 Å². The molecule has 24 heavy (non-hydrogen) atoms. The fourth-order valence-electron chi connectivity index (χ4n) is 2.73. The molecule has 0 aliphatic heterocycles.